The number of sulfonamides is 1. The predicted molar refractivity (Wildman–Crippen MR) is 66.0 cm³/mol. The highest BCUT2D eigenvalue weighted by Gasteiger charge is 2.32. The molecule has 7 heteroatoms. The Morgan fingerprint density at radius 3 is 2.81 bits per heavy atom. The first-order valence-electron chi connectivity index (χ1n) is 4.90. The Morgan fingerprint density at radius 2 is 2.31 bits per heavy atom. The van der Waals surface area contributed by atoms with E-state index in [1.807, 2.05) is 0 Å². The van der Waals surface area contributed by atoms with Gasteiger partial charge in [0.05, 0.1) is 3.79 Å². The van der Waals surface area contributed by atoms with Crippen molar-refractivity contribution in [1.82, 2.24) is 4.31 Å². The Balaban J connectivity index is 2.21. The lowest BCUT2D eigenvalue weighted by atomic mass is 10.1. The van der Waals surface area contributed by atoms with Gasteiger partial charge in [0.25, 0.3) is 10.0 Å². The molecule has 0 unspecified atom stereocenters. The number of aliphatic hydroxyl groups is 1. The van der Waals surface area contributed by atoms with E-state index in [1.54, 1.807) is 12.1 Å². The average molecular weight is 326 g/mol. The van der Waals surface area contributed by atoms with Crippen molar-refractivity contribution in [2.45, 2.75) is 10.6 Å². The number of thiophene rings is 1. The topological polar surface area (TPSA) is 57.6 Å². The van der Waals surface area contributed by atoms with Crippen LogP contribution in [0.5, 0.6) is 0 Å². The van der Waals surface area contributed by atoms with Crippen LogP contribution in [0.1, 0.15) is 6.42 Å². The second-order valence-corrected chi connectivity index (χ2v) is 8.39. The van der Waals surface area contributed by atoms with E-state index in [0.717, 1.165) is 10.2 Å². The van der Waals surface area contributed by atoms with Gasteiger partial charge in [-0.1, -0.05) is 0 Å². The second-order valence-electron chi connectivity index (χ2n) is 3.76. The van der Waals surface area contributed by atoms with Crippen LogP contribution in [0.15, 0.2) is 20.1 Å². The standard InChI is InChI=1S/C9H12BrNO3S2/c10-8-1-2-9(15-8)16(13,14)11-4-3-7(5-11)6-12/h1-2,7,12H,3-6H2/t7-/m1/s1. The van der Waals surface area contributed by atoms with E-state index in [2.05, 4.69) is 15.9 Å². The molecule has 4 nitrogen and oxygen atoms in total. The number of halogens is 1. The molecular formula is C9H12BrNO3S2. The van der Waals surface area contributed by atoms with Gasteiger partial charge in [0.2, 0.25) is 0 Å². The molecule has 1 saturated heterocycles. The minimum atomic E-state index is -3.35. The normalized spacial score (nSPS) is 22.8. The van der Waals surface area contributed by atoms with Gasteiger partial charge < -0.3 is 5.11 Å². The van der Waals surface area contributed by atoms with Gasteiger partial charge in [-0.25, -0.2) is 8.42 Å². The van der Waals surface area contributed by atoms with Gasteiger partial charge in [-0.2, -0.15) is 4.31 Å². The van der Waals surface area contributed by atoms with Crippen molar-refractivity contribution < 1.29 is 13.5 Å². The molecule has 0 amide bonds. The summed E-state index contributed by atoms with van der Waals surface area (Å²) < 4.78 is 26.9. The van der Waals surface area contributed by atoms with E-state index in [9.17, 15) is 8.42 Å². The number of rotatable bonds is 3. The summed E-state index contributed by atoms with van der Waals surface area (Å²) in [7, 11) is -3.35. The van der Waals surface area contributed by atoms with Gasteiger partial charge in [0.15, 0.2) is 0 Å². The van der Waals surface area contributed by atoms with Crippen LogP contribution in [0.4, 0.5) is 0 Å². The van der Waals surface area contributed by atoms with Gasteiger partial charge in [0, 0.05) is 19.7 Å². The van der Waals surface area contributed by atoms with Gasteiger partial charge >= 0.3 is 0 Å². The van der Waals surface area contributed by atoms with Crippen molar-refractivity contribution in [3.05, 3.63) is 15.9 Å². The van der Waals surface area contributed by atoms with Crippen molar-refractivity contribution in [1.29, 1.82) is 0 Å². The molecule has 1 aliphatic rings. The quantitative estimate of drug-likeness (QED) is 0.916. The molecule has 1 aromatic rings. The zero-order valence-corrected chi connectivity index (χ0v) is 11.7. The molecule has 0 radical (unpaired) electrons. The van der Waals surface area contributed by atoms with E-state index in [-0.39, 0.29) is 12.5 Å². The minimum Gasteiger partial charge on any atom is -0.396 e. The molecule has 0 saturated carbocycles. The Labute approximate surface area is 107 Å². The maximum absolute atomic E-state index is 12.1. The van der Waals surface area contributed by atoms with Crippen LogP contribution in [0.3, 0.4) is 0 Å². The van der Waals surface area contributed by atoms with Crippen LogP contribution in [0.25, 0.3) is 0 Å². The Hall–Kier alpha value is 0.0500. The Morgan fingerprint density at radius 1 is 1.56 bits per heavy atom. The lowest BCUT2D eigenvalue weighted by Crippen LogP contribution is -2.28. The first kappa shape index (κ1) is 12.5. The molecule has 1 fully saturated rings. The fourth-order valence-electron chi connectivity index (χ4n) is 1.73. The Kier molecular flexibility index (Phi) is 3.70. The SMILES string of the molecule is O=S(=O)(c1ccc(Br)s1)N1CC[C@@H](CO)C1. The first-order chi connectivity index (χ1) is 7.54. The minimum absolute atomic E-state index is 0.0557. The van der Waals surface area contributed by atoms with Crippen molar-refractivity contribution in [2.24, 2.45) is 5.92 Å². The van der Waals surface area contributed by atoms with Gasteiger partial charge in [-0.15, -0.1) is 11.3 Å². The highest BCUT2D eigenvalue weighted by atomic mass is 79.9. The summed E-state index contributed by atoms with van der Waals surface area (Å²) in [5.41, 5.74) is 0. The van der Waals surface area contributed by atoms with Gasteiger partial charge in [-0.3, -0.25) is 0 Å². The fourth-order valence-corrected chi connectivity index (χ4v) is 5.42. The van der Waals surface area contributed by atoms with Crippen molar-refractivity contribution in [3.8, 4) is 0 Å². The van der Waals surface area contributed by atoms with Gasteiger partial charge in [0.1, 0.15) is 4.21 Å². The highest BCUT2D eigenvalue weighted by Crippen LogP contribution is 2.31. The number of hydrogen-bond donors (Lipinski definition) is 1. The van der Waals surface area contributed by atoms with E-state index < -0.39 is 10.0 Å². The fraction of sp³-hybridized carbons (Fsp3) is 0.556. The molecule has 1 atom stereocenters. The third-order valence-corrected chi connectivity index (χ3v) is 6.61. The maximum Gasteiger partial charge on any atom is 0.252 e. The molecule has 1 aromatic heterocycles. The van der Waals surface area contributed by atoms with E-state index in [0.29, 0.717) is 17.3 Å². The van der Waals surface area contributed by atoms with Crippen LogP contribution in [0, 0.1) is 5.92 Å². The van der Waals surface area contributed by atoms with Crippen LogP contribution in [0.2, 0.25) is 0 Å². The molecule has 0 spiro atoms. The highest BCUT2D eigenvalue weighted by molar-refractivity contribution is 9.11. The summed E-state index contributed by atoms with van der Waals surface area (Å²) in [4.78, 5) is 0. The predicted octanol–water partition coefficient (Wildman–Crippen LogP) is 1.51. The van der Waals surface area contributed by atoms with E-state index in [4.69, 9.17) is 5.11 Å². The third-order valence-electron chi connectivity index (χ3n) is 2.65. The summed E-state index contributed by atoms with van der Waals surface area (Å²) in [6, 6.07) is 3.34. The molecule has 2 heterocycles. The molecular weight excluding hydrogens is 314 g/mol. The van der Waals surface area contributed by atoms with Crippen LogP contribution in [-0.4, -0.2) is 37.5 Å². The van der Waals surface area contributed by atoms with Crippen LogP contribution < -0.4 is 0 Å². The summed E-state index contributed by atoms with van der Waals surface area (Å²) in [5, 5.41) is 9.00. The summed E-state index contributed by atoms with van der Waals surface area (Å²) in [6.45, 7) is 0.984. The molecule has 0 aliphatic carbocycles. The lowest BCUT2D eigenvalue weighted by molar-refractivity contribution is 0.233. The van der Waals surface area contributed by atoms with Crippen LogP contribution in [-0.2, 0) is 10.0 Å². The smallest absolute Gasteiger partial charge is 0.252 e. The largest absolute Gasteiger partial charge is 0.396 e. The molecule has 0 bridgehead atoms. The molecule has 90 valence electrons. The molecule has 1 aliphatic heterocycles. The van der Waals surface area contributed by atoms with Crippen molar-refractivity contribution in [3.63, 3.8) is 0 Å². The third kappa shape index (κ3) is 2.33. The molecule has 1 N–H and O–H groups in total. The molecule has 2 rings (SSSR count). The molecule has 0 aromatic carbocycles. The average Bonchev–Trinajstić information content (AvgIpc) is 2.85. The molecule has 16 heavy (non-hydrogen) atoms. The Bertz CT molecular complexity index is 471. The second kappa shape index (κ2) is 4.73. The van der Waals surface area contributed by atoms with Crippen LogP contribution >= 0.6 is 27.3 Å². The summed E-state index contributed by atoms with van der Waals surface area (Å²) >= 11 is 4.47. The summed E-state index contributed by atoms with van der Waals surface area (Å²) in [6.07, 6.45) is 0.738. The zero-order valence-electron chi connectivity index (χ0n) is 8.47. The van der Waals surface area contributed by atoms with Crippen molar-refractivity contribution in [2.75, 3.05) is 19.7 Å². The number of nitrogens with zero attached hydrogens (tertiary/aromatic N) is 1. The monoisotopic (exact) mass is 325 g/mol. The first-order valence-corrected chi connectivity index (χ1v) is 7.95. The maximum atomic E-state index is 12.1. The number of hydrogen-bond acceptors (Lipinski definition) is 4. The van der Waals surface area contributed by atoms with E-state index >= 15 is 0 Å². The van der Waals surface area contributed by atoms with E-state index in [1.165, 1.54) is 15.6 Å². The van der Waals surface area contributed by atoms with Crippen molar-refractivity contribution >= 4 is 37.3 Å². The van der Waals surface area contributed by atoms with Gasteiger partial charge in [-0.05, 0) is 40.4 Å². The zero-order chi connectivity index (χ0) is 11.8. The lowest BCUT2D eigenvalue weighted by Gasteiger charge is -2.14. The summed E-state index contributed by atoms with van der Waals surface area (Å²) in [5.74, 6) is 0.0816. The number of aliphatic hydroxyl groups excluding tert-OH is 1.